The van der Waals surface area contributed by atoms with Gasteiger partial charge in [0.2, 0.25) is 0 Å². The normalized spacial score (nSPS) is 9.38. The van der Waals surface area contributed by atoms with Gasteiger partial charge in [-0.05, 0) is 0 Å². The lowest BCUT2D eigenvalue weighted by atomic mass is 10.1. The van der Waals surface area contributed by atoms with Crippen molar-refractivity contribution in [1.29, 1.82) is 0 Å². The number of carbonyl (C=O) groups excluding carboxylic acids is 4. The van der Waals surface area contributed by atoms with Crippen molar-refractivity contribution in [2.45, 2.75) is 25.7 Å². The van der Waals surface area contributed by atoms with Crippen LogP contribution in [-0.4, -0.2) is 37.7 Å². The Morgan fingerprint density at radius 3 is 1.31 bits per heavy atom. The minimum absolute atomic E-state index is 0.0646. The van der Waals surface area contributed by atoms with Crippen LogP contribution in [0.4, 0.5) is 0 Å². The molecule has 0 aliphatic carbocycles. The summed E-state index contributed by atoms with van der Waals surface area (Å²) < 4.78 is 8.58. The fourth-order valence-electron chi connectivity index (χ4n) is 0.922. The van der Waals surface area contributed by atoms with Gasteiger partial charge >= 0.3 is 11.9 Å². The van der Waals surface area contributed by atoms with Gasteiger partial charge in [-0.15, -0.1) is 0 Å². The maximum atomic E-state index is 11.1. The summed E-state index contributed by atoms with van der Waals surface area (Å²) in [5, 5.41) is 0. The Labute approximate surface area is 92.9 Å². The average molecular weight is 230 g/mol. The average Bonchev–Trinajstić information content (AvgIpc) is 2.26. The lowest BCUT2D eigenvalue weighted by Gasteiger charge is -2.00. The summed E-state index contributed by atoms with van der Waals surface area (Å²) in [5.74, 6) is -2.04. The zero-order valence-electron chi connectivity index (χ0n) is 9.28. The second-order valence-corrected chi connectivity index (χ2v) is 3.08. The van der Waals surface area contributed by atoms with E-state index in [1.54, 1.807) is 0 Å². The Morgan fingerprint density at radius 2 is 1.06 bits per heavy atom. The summed E-state index contributed by atoms with van der Waals surface area (Å²) in [6.45, 7) is 0. The summed E-state index contributed by atoms with van der Waals surface area (Å²) in [5.41, 5.74) is 0. The van der Waals surface area contributed by atoms with Gasteiger partial charge < -0.3 is 9.47 Å². The lowest BCUT2D eigenvalue weighted by molar-refractivity contribution is -0.146. The first kappa shape index (κ1) is 14.3. The second kappa shape index (κ2) is 7.56. The van der Waals surface area contributed by atoms with Crippen molar-refractivity contribution in [3.63, 3.8) is 0 Å². The van der Waals surface area contributed by atoms with Gasteiger partial charge in [0.1, 0.15) is 24.4 Å². The summed E-state index contributed by atoms with van der Waals surface area (Å²) in [7, 11) is 2.36. The Morgan fingerprint density at radius 1 is 0.750 bits per heavy atom. The smallest absolute Gasteiger partial charge is 0.313 e. The Hall–Kier alpha value is -1.72. The minimum Gasteiger partial charge on any atom is -0.469 e. The van der Waals surface area contributed by atoms with Crippen molar-refractivity contribution < 1.29 is 28.7 Å². The van der Waals surface area contributed by atoms with E-state index < -0.39 is 11.9 Å². The number of hydrogen-bond donors (Lipinski definition) is 0. The first-order chi connectivity index (χ1) is 7.49. The molecule has 0 aromatic rings. The molecule has 0 atom stereocenters. The molecule has 0 spiro atoms. The Kier molecular flexibility index (Phi) is 6.74. The van der Waals surface area contributed by atoms with E-state index >= 15 is 0 Å². The molecule has 0 aromatic carbocycles. The van der Waals surface area contributed by atoms with Gasteiger partial charge in [-0.25, -0.2) is 0 Å². The molecule has 6 nitrogen and oxygen atoms in total. The molecule has 0 heterocycles. The number of Topliss-reactive ketones (excluding diaryl/α,β-unsaturated/α-hetero) is 2. The number of methoxy groups -OCH3 is 2. The van der Waals surface area contributed by atoms with Crippen molar-refractivity contribution in [3.8, 4) is 0 Å². The topological polar surface area (TPSA) is 86.7 Å². The summed E-state index contributed by atoms with van der Waals surface area (Å²) in [6, 6.07) is 0. The van der Waals surface area contributed by atoms with E-state index in [4.69, 9.17) is 0 Å². The van der Waals surface area contributed by atoms with Gasteiger partial charge in [-0.2, -0.15) is 0 Å². The first-order valence-electron chi connectivity index (χ1n) is 4.66. The number of ether oxygens (including phenoxy) is 2. The van der Waals surface area contributed by atoms with E-state index in [1.807, 2.05) is 0 Å². The monoisotopic (exact) mass is 230 g/mol. The molecule has 6 heteroatoms. The number of esters is 2. The number of rotatable bonds is 7. The standard InChI is InChI=1S/C10H14O6/c1-15-9(13)5-7(11)3-4-8(12)6-10(14)16-2/h3-6H2,1-2H3. The zero-order chi connectivity index (χ0) is 12.6. The highest BCUT2D eigenvalue weighted by atomic mass is 16.5. The minimum atomic E-state index is -0.634. The van der Waals surface area contributed by atoms with Gasteiger partial charge in [0.15, 0.2) is 0 Å². The van der Waals surface area contributed by atoms with Gasteiger partial charge in [0.05, 0.1) is 14.2 Å². The van der Waals surface area contributed by atoms with Crippen LogP contribution in [0.25, 0.3) is 0 Å². The number of carbonyl (C=O) groups is 4. The van der Waals surface area contributed by atoms with Crippen LogP contribution < -0.4 is 0 Å². The van der Waals surface area contributed by atoms with Crippen LogP contribution in [0.15, 0.2) is 0 Å². The molecule has 0 fully saturated rings. The summed E-state index contributed by atoms with van der Waals surface area (Å²) >= 11 is 0. The van der Waals surface area contributed by atoms with Crippen LogP contribution in [0.1, 0.15) is 25.7 Å². The molecule has 0 saturated carbocycles. The van der Waals surface area contributed by atoms with E-state index in [0.29, 0.717) is 0 Å². The number of ketones is 2. The number of hydrogen-bond acceptors (Lipinski definition) is 6. The maximum absolute atomic E-state index is 11.1. The molecule has 0 aromatic heterocycles. The van der Waals surface area contributed by atoms with Crippen LogP contribution >= 0.6 is 0 Å². The van der Waals surface area contributed by atoms with E-state index in [9.17, 15) is 19.2 Å². The summed E-state index contributed by atoms with van der Waals surface area (Å²) in [6.07, 6.45) is -0.820. The Bertz CT molecular complexity index is 264. The molecule has 0 radical (unpaired) electrons. The van der Waals surface area contributed by atoms with Crippen LogP contribution in [0.5, 0.6) is 0 Å². The fourth-order valence-corrected chi connectivity index (χ4v) is 0.922. The summed E-state index contributed by atoms with van der Waals surface area (Å²) in [4.78, 5) is 43.6. The molecule has 0 bridgehead atoms. The third kappa shape index (κ3) is 6.69. The molecule has 0 aliphatic rings. The molecule has 90 valence electrons. The van der Waals surface area contributed by atoms with Crippen LogP contribution in [-0.2, 0) is 28.7 Å². The molecule has 0 N–H and O–H groups in total. The van der Waals surface area contributed by atoms with Crippen LogP contribution in [0.3, 0.4) is 0 Å². The fraction of sp³-hybridized carbons (Fsp3) is 0.600. The predicted molar refractivity (Wildman–Crippen MR) is 52.5 cm³/mol. The SMILES string of the molecule is COC(=O)CC(=O)CCC(=O)CC(=O)OC. The van der Waals surface area contributed by atoms with E-state index in [0.717, 1.165) is 0 Å². The van der Waals surface area contributed by atoms with Crippen molar-refractivity contribution in [2.24, 2.45) is 0 Å². The van der Waals surface area contributed by atoms with E-state index in [2.05, 4.69) is 9.47 Å². The third-order valence-corrected chi connectivity index (χ3v) is 1.82. The molecule has 0 aliphatic heterocycles. The molecular weight excluding hydrogens is 216 g/mol. The highest BCUT2D eigenvalue weighted by molar-refractivity contribution is 6.00. The highest BCUT2D eigenvalue weighted by Gasteiger charge is 2.14. The largest absolute Gasteiger partial charge is 0.469 e. The van der Waals surface area contributed by atoms with Crippen molar-refractivity contribution in [3.05, 3.63) is 0 Å². The van der Waals surface area contributed by atoms with Gasteiger partial charge in [0.25, 0.3) is 0 Å². The van der Waals surface area contributed by atoms with Gasteiger partial charge in [0, 0.05) is 12.8 Å². The van der Waals surface area contributed by atoms with Crippen molar-refractivity contribution >= 4 is 23.5 Å². The van der Waals surface area contributed by atoms with Crippen molar-refractivity contribution in [1.82, 2.24) is 0 Å². The molecule has 16 heavy (non-hydrogen) atoms. The molecule has 0 saturated heterocycles. The second-order valence-electron chi connectivity index (χ2n) is 3.08. The quantitative estimate of drug-likeness (QED) is 0.453. The highest BCUT2D eigenvalue weighted by Crippen LogP contribution is 2.01. The van der Waals surface area contributed by atoms with Crippen LogP contribution in [0.2, 0.25) is 0 Å². The predicted octanol–water partition coefficient (Wildman–Crippen LogP) is 0.0310. The van der Waals surface area contributed by atoms with E-state index in [1.165, 1.54) is 14.2 Å². The molecule has 0 amide bonds. The third-order valence-electron chi connectivity index (χ3n) is 1.82. The van der Waals surface area contributed by atoms with Crippen molar-refractivity contribution in [2.75, 3.05) is 14.2 Å². The van der Waals surface area contributed by atoms with Crippen LogP contribution in [0, 0.1) is 0 Å². The molecule has 0 unspecified atom stereocenters. The molecule has 0 rings (SSSR count). The first-order valence-corrected chi connectivity index (χ1v) is 4.66. The maximum Gasteiger partial charge on any atom is 0.313 e. The Balaban J connectivity index is 3.79. The zero-order valence-corrected chi connectivity index (χ0v) is 9.28. The molecular formula is C10H14O6. The van der Waals surface area contributed by atoms with Gasteiger partial charge in [-0.1, -0.05) is 0 Å². The van der Waals surface area contributed by atoms with Gasteiger partial charge in [-0.3, -0.25) is 19.2 Å². The lowest BCUT2D eigenvalue weighted by Crippen LogP contribution is -2.13. The van der Waals surface area contributed by atoms with E-state index in [-0.39, 0.29) is 37.2 Å².